The van der Waals surface area contributed by atoms with Gasteiger partial charge in [0.15, 0.2) is 5.78 Å². The second-order valence-electron chi connectivity index (χ2n) is 8.22. The molecule has 2 aliphatic heterocycles. The average molecular weight is 459 g/mol. The first-order valence-electron chi connectivity index (χ1n) is 11.1. The SMILES string of the molecule is NN(C1=CCCC=C1)c1c2c(n(N)c1C1=CCNC=C1)CN(C(=O)Nc1cccnc1)CC2=O. The molecule has 10 heteroatoms. The zero-order chi connectivity index (χ0) is 23.7. The van der Waals surface area contributed by atoms with Crippen LogP contribution in [0.3, 0.4) is 0 Å². The molecule has 2 aromatic rings. The van der Waals surface area contributed by atoms with Crippen molar-refractivity contribution in [3.05, 3.63) is 83.8 Å². The van der Waals surface area contributed by atoms with Crippen molar-refractivity contribution >= 4 is 28.8 Å². The highest BCUT2D eigenvalue weighted by Crippen LogP contribution is 2.39. The number of hydrazine groups is 1. The second kappa shape index (κ2) is 8.91. The fourth-order valence-corrected chi connectivity index (χ4v) is 4.39. The van der Waals surface area contributed by atoms with Crippen LogP contribution in [0, 0.1) is 0 Å². The minimum atomic E-state index is -0.403. The number of nitrogens with one attached hydrogen (secondary N) is 2. The van der Waals surface area contributed by atoms with Gasteiger partial charge in [0, 0.05) is 18.3 Å². The molecule has 6 N–H and O–H groups in total. The Balaban J connectivity index is 1.56. The van der Waals surface area contributed by atoms with Crippen molar-refractivity contribution in [2.45, 2.75) is 19.4 Å². The summed E-state index contributed by atoms with van der Waals surface area (Å²) in [6, 6.07) is 3.06. The zero-order valence-corrected chi connectivity index (χ0v) is 18.6. The van der Waals surface area contributed by atoms with Crippen molar-refractivity contribution in [3.8, 4) is 0 Å². The average Bonchev–Trinajstić information content (AvgIpc) is 3.18. The van der Waals surface area contributed by atoms with Crippen molar-refractivity contribution in [2.75, 3.05) is 29.3 Å². The summed E-state index contributed by atoms with van der Waals surface area (Å²) in [6.45, 7) is 0.700. The molecule has 34 heavy (non-hydrogen) atoms. The van der Waals surface area contributed by atoms with E-state index in [4.69, 9.17) is 11.7 Å². The summed E-state index contributed by atoms with van der Waals surface area (Å²) in [6.07, 6.45) is 16.7. The highest BCUT2D eigenvalue weighted by Gasteiger charge is 2.37. The molecule has 0 saturated heterocycles. The van der Waals surface area contributed by atoms with Crippen LogP contribution in [0.5, 0.6) is 0 Å². The lowest BCUT2D eigenvalue weighted by Crippen LogP contribution is -2.43. The molecule has 174 valence electrons. The number of Topliss-reactive ketones (excluding diaryl/α,β-unsaturated/α-hetero) is 1. The van der Waals surface area contributed by atoms with Gasteiger partial charge in [-0.1, -0.05) is 18.2 Å². The molecule has 1 aliphatic carbocycles. The number of fused-ring (bicyclic) bond motifs is 1. The van der Waals surface area contributed by atoms with Crippen LogP contribution in [0.15, 0.2) is 66.8 Å². The molecule has 0 saturated carbocycles. The van der Waals surface area contributed by atoms with Crippen molar-refractivity contribution < 1.29 is 9.59 Å². The van der Waals surface area contributed by atoms with Gasteiger partial charge in [-0.3, -0.25) is 19.5 Å². The largest absolute Gasteiger partial charge is 0.387 e. The first-order chi connectivity index (χ1) is 16.5. The number of urea groups is 1. The van der Waals surface area contributed by atoms with E-state index < -0.39 is 6.03 Å². The van der Waals surface area contributed by atoms with Gasteiger partial charge in [-0.2, -0.15) is 0 Å². The Morgan fingerprint density at radius 3 is 2.79 bits per heavy atom. The Labute approximate surface area is 196 Å². The van der Waals surface area contributed by atoms with Gasteiger partial charge in [-0.05, 0) is 43.3 Å². The maximum Gasteiger partial charge on any atom is 0.322 e. The van der Waals surface area contributed by atoms with Gasteiger partial charge in [0.2, 0.25) is 0 Å². The van der Waals surface area contributed by atoms with E-state index in [0.717, 1.165) is 24.1 Å². The predicted molar refractivity (Wildman–Crippen MR) is 131 cm³/mol. The third-order valence-electron chi connectivity index (χ3n) is 6.02. The second-order valence-corrected chi connectivity index (χ2v) is 8.22. The highest BCUT2D eigenvalue weighted by atomic mass is 16.2. The predicted octanol–water partition coefficient (Wildman–Crippen LogP) is 2.24. The minimum Gasteiger partial charge on any atom is -0.387 e. The molecule has 4 heterocycles. The quantitative estimate of drug-likeness (QED) is 0.408. The summed E-state index contributed by atoms with van der Waals surface area (Å²) in [4.78, 5) is 31.8. The van der Waals surface area contributed by atoms with Crippen LogP contribution >= 0.6 is 0 Å². The lowest BCUT2D eigenvalue weighted by atomic mass is 10.0. The number of nitrogens with zero attached hydrogens (tertiary/aromatic N) is 4. The zero-order valence-electron chi connectivity index (χ0n) is 18.6. The molecule has 5 rings (SSSR count). The molecular formula is C24H26N8O2. The van der Waals surface area contributed by atoms with Gasteiger partial charge < -0.3 is 21.4 Å². The number of anilines is 2. The normalized spacial score (nSPS) is 17.0. The van der Waals surface area contributed by atoms with E-state index in [1.54, 1.807) is 24.5 Å². The molecule has 0 unspecified atom stereocenters. The summed E-state index contributed by atoms with van der Waals surface area (Å²) in [5, 5.41) is 7.44. The fraction of sp³-hybridized carbons (Fsp3) is 0.208. The van der Waals surface area contributed by atoms with Crippen LogP contribution < -0.4 is 27.3 Å². The van der Waals surface area contributed by atoms with Gasteiger partial charge in [-0.15, -0.1) is 0 Å². The van der Waals surface area contributed by atoms with Crippen LogP contribution in [0.2, 0.25) is 0 Å². The van der Waals surface area contributed by atoms with Crippen molar-refractivity contribution in [3.63, 3.8) is 0 Å². The van der Waals surface area contributed by atoms with Crippen molar-refractivity contribution in [2.24, 2.45) is 5.84 Å². The van der Waals surface area contributed by atoms with E-state index in [1.807, 2.05) is 30.5 Å². The summed E-state index contributed by atoms with van der Waals surface area (Å²) in [5.41, 5.74) is 4.34. The first-order valence-corrected chi connectivity index (χ1v) is 11.1. The van der Waals surface area contributed by atoms with E-state index in [1.165, 1.54) is 14.6 Å². The van der Waals surface area contributed by atoms with E-state index in [9.17, 15) is 9.59 Å². The maximum absolute atomic E-state index is 13.4. The maximum atomic E-state index is 13.4. The number of nitrogens with two attached hydrogens (primary N) is 2. The van der Waals surface area contributed by atoms with Gasteiger partial charge in [-0.25, -0.2) is 10.6 Å². The Kier molecular flexibility index (Phi) is 5.64. The number of amides is 2. The molecular weight excluding hydrogens is 432 g/mol. The van der Waals surface area contributed by atoms with Gasteiger partial charge in [0.25, 0.3) is 0 Å². The van der Waals surface area contributed by atoms with Crippen LogP contribution in [-0.2, 0) is 6.54 Å². The molecule has 3 aliphatic rings. The third kappa shape index (κ3) is 3.84. The van der Waals surface area contributed by atoms with Crippen LogP contribution in [0.1, 0.15) is 34.6 Å². The molecule has 0 atom stereocenters. The monoisotopic (exact) mass is 458 g/mol. The number of carbonyl (C=O) groups excluding carboxylic acids is 2. The van der Waals surface area contributed by atoms with Gasteiger partial charge in [0.05, 0.1) is 53.3 Å². The number of allylic oxidation sites excluding steroid dienone is 5. The smallest absolute Gasteiger partial charge is 0.322 e. The molecule has 10 nitrogen and oxygen atoms in total. The summed E-state index contributed by atoms with van der Waals surface area (Å²) in [7, 11) is 0. The number of rotatable bonds is 4. The number of pyridine rings is 1. The molecule has 2 aromatic heterocycles. The lowest BCUT2D eigenvalue weighted by Gasteiger charge is -2.28. The summed E-state index contributed by atoms with van der Waals surface area (Å²) >= 11 is 0. The Bertz CT molecular complexity index is 1260. The Morgan fingerprint density at radius 2 is 2.09 bits per heavy atom. The Hall–Kier alpha value is -4.31. The molecule has 2 amide bonds. The molecule has 0 radical (unpaired) electrons. The van der Waals surface area contributed by atoms with Crippen LogP contribution in [0.25, 0.3) is 5.57 Å². The van der Waals surface area contributed by atoms with Gasteiger partial charge in [0.1, 0.15) is 0 Å². The lowest BCUT2D eigenvalue weighted by molar-refractivity contribution is 0.0924. The topological polar surface area (TPSA) is 135 Å². The van der Waals surface area contributed by atoms with E-state index in [-0.39, 0.29) is 18.9 Å². The molecule has 0 aromatic carbocycles. The number of hydrogen-bond acceptors (Lipinski definition) is 7. The molecule has 0 spiro atoms. The minimum absolute atomic E-state index is 0.0886. The first kappa shape index (κ1) is 21.5. The molecule has 0 bridgehead atoms. The summed E-state index contributed by atoms with van der Waals surface area (Å²) < 4.78 is 1.49. The van der Waals surface area contributed by atoms with E-state index in [2.05, 4.69) is 21.7 Å². The van der Waals surface area contributed by atoms with Gasteiger partial charge >= 0.3 is 6.03 Å². The third-order valence-corrected chi connectivity index (χ3v) is 6.02. The number of dihydropyridines is 1. The van der Waals surface area contributed by atoms with E-state index >= 15 is 0 Å². The number of nitrogen functional groups attached to an aromatic ring is 1. The van der Waals surface area contributed by atoms with Crippen molar-refractivity contribution in [1.82, 2.24) is 19.9 Å². The van der Waals surface area contributed by atoms with Crippen LogP contribution in [0.4, 0.5) is 16.2 Å². The number of hydrogen-bond donors (Lipinski definition) is 4. The number of carbonyl (C=O) groups is 2. The van der Waals surface area contributed by atoms with E-state index in [0.29, 0.717) is 34.9 Å². The number of aromatic nitrogens is 2. The Morgan fingerprint density at radius 1 is 1.21 bits per heavy atom. The van der Waals surface area contributed by atoms with Crippen LogP contribution in [-0.4, -0.2) is 39.5 Å². The fourth-order valence-electron chi connectivity index (χ4n) is 4.39. The highest BCUT2D eigenvalue weighted by molar-refractivity contribution is 6.09. The van der Waals surface area contributed by atoms with Crippen molar-refractivity contribution in [1.29, 1.82) is 0 Å². The molecule has 0 fully saturated rings. The number of ketones is 1. The summed E-state index contributed by atoms with van der Waals surface area (Å²) in [5.74, 6) is 13.0. The standard InChI is InChI=1S/C24H26N8O2/c25-31(18-6-2-1-3-7-18)23-21-19(32(26)22(23)16-8-11-27-12-9-16)14-30(15-20(21)33)24(34)29-17-5-4-10-28-13-17/h2,4-11,13,27H,1,3,12,14-15,25-26H2,(H,29,34).